The largest absolute Gasteiger partial charge is 0.502 e. The highest BCUT2D eigenvalue weighted by molar-refractivity contribution is 5.94. The first-order chi connectivity index (χ1) is 13.5. The number of halogens is 1. The van der Waals surface area contributed by atoms with Crippen LogP contribution in [0.25, 0.3) is 5.69 Å². The van der Waals surface area contributed by atoms with E-state index in [9.17, 15) is 14.3 Å². The smallest absolute Gasteiger partial charge is 0.226 e. The van der Waals surface area contributed by atoms with Crippen LogP contribution in [-0.4, -0.2) is 34.8 Å². The van der Waals surface area contributed by atoms with Gasteiger partial charge in [-0.3, -0.25) is 4.79 Å². The van der Waals surface area contributed by atoms with E-state index in [-0.39, 0.29) is 41.3 Å². The summed E-state index contributed by atoms with van der Waals surface area (Å²) in [6.45, 7) is 0. The number of aromatic nitrogens is 2. The van der Waals surface area contributed by atoms with E-state index in [2.05, 4.69) is 10.3 Å². The summed E-state index contributed by atoms with van der Waals surface area (Å²) in [5.41, 5.74) is 2.20. The van der Waals surface area contributed by atoms with E-state index in [1.165, 1.54) is 26.4 Å². The summed E-state index contributed by atoms with van der Waals surface area (Å²) in [5, 5.41) is 13.0. The van der Waals surface area contributed by atoms with Crippen molar-refractivity contribution in [1.29, 1.82) is 0 Å². The van der Waals surface area contributed by atoms with Crippen molar-refractivity contribution >= 4 is 11.7 Å². The van der Waals surface area contributed by atoms with Crippen molar-refractivity contribution in [3.05, 3.63) is 59.8 Å². The second-order valence-electron chi connectivity index (χ2n) is 6.40. The molecule has 0 bridgehead atoms. The van der Waals surface area contributed by atoms with Gasteiger partial charge in [-0.1, -0.05) is 0 Å². The van der Waals surface area contributed by atoms with Crippen LogP contribution >= 0.6 is 0 Å². The van der Waals surface area contributed by atoms with E-state index in [0.717, 1.165) is 11.3 Å². The Kier molecular flexibility index (Phi) is 4.38. The molecule has 7 nitrogen and oxygen atoms in total. The second kappa shape index (κ2) is 6.88. The number of carbonyl (C=O) groups is 1. The third-order valence-electron chi connectivity index (χ3n) is 4.79. The molecule has 3 aromatic rings. The number of benzene rings is 2. The second-order valence-corrected chi connectivity index (χ2v) is 6.40. The first-order valence-corrected chi connectivity index (χ1v) is 8.59. The normalized spacial score (nSPS) is 15.7. The minimum Gasteiger partial charge on any atom is -0.502 e. The summed E-state index contributed by atoms with van der Waals surface area (Å²) in [7, 11) is 2.89. The Hall–Kier alpha value is -3.55. The van der Waals surface area contributed by atoms with E-state index in [1.807, 2.05) is 4.57 Å². The fourth-order valence-corrected chi connectivity index (χ4v) is 3.45. The Bertz CT molecular complexity index is 1020. The third kappa shape index (κ3) is 2.92. The lowest BCUT2D eigenvalue weighted by molar-refractivity contribution is -0.116. The molecule has 2 aromatic carbocycles. The number of amides is 1. The Balaban J connectivity index is 1.88. The summed E-state index contributed by atoms with van der Waals surface area (Å²) in [5.74, 6) is -0.0505. The monoisotopic (exact) mass is 383 g/mol. The zero-order valence-electron chi connectivity index (χ0n) is 15.3. The summed E-state index contributed by atoms with van der Waals surface area (Å²) in [6, 6.07) is 9.36. The van der Waals surface area contributed by atoms with Crippen LogP contribution in [0.4, 0.5) is 10.2 Å². The Morgan fingerprint density at radius 2 is 1.82 bits per heavy atom. The van der Waals surface area contributed by atoms with Gasteiger partial charge in [-0.15, -0.1) is 0 Å². The van der Waals surface area contributed by atoms with Gasteiger partial charge in [0.15, 0.2) is 17.3 Å². The quantitative estimate of drug-likeness (QED) is 0.723. The predicted molar refractivity (Wildman–Crippen MR) is 99.8 cm³/mol. The number of phenols is 1. The number of hydrogen-bond acceptors (Lipinski definition) is 5. The van der Waals surface area contributed by atoms with Crippen molar-refractivity contribution in [1.82, 2.24) is 9.55 Å². The van der Waals surface area contributed by atoms with Crippen molar-refractivity contribution in [2.75, 3.05) is 19.5 Å². The molecule has 1 aliphatic heterocycles. The fraction of sp³-hybridized carbons (Fsp3) is 0.200. The van der Waals surface area contributed by atoms with Crippen molar-refractivity contribution in [3.8, 4) is 22.9 Å². The number of anilines is 1. The Morgan fingerprint density at radius 3 is 2.43 bits per heavy atom. The maximum atomic E-state index is 13.3. The molecule has 1 aliphatic rings. The molecule has 0 saturated heterocycles. The molecule has 2 N–H and O–H groups in total. The average Bonchev–Trinajstić information content (AvgIpc) is 3.12. The van der Waals surface area contributed by atoms with E-state index in [0.29, 0.717) is 11.5 Å². The number of ether oxygens (including phenoxy) is 2. The molecule has 0 saturated carbocycles. The van der Waals surface area contributed by atoms with E-state index in [4.69, 9.17) is 9.47 Å². The van der Waals surface area contributed by atoms with Crippen LogP contribution in [0.3, 0.4) is 0 Å². The van der Waals surface area contributed by atoms with Gasteiger partial charge in [0.25, 0.3) is 0 Å². The van der Waals surface area contributed by atoms with Gasteiger partial charge in [-0.05, 0) is 42.0 Å². The van der Waals surface area contributed by atoms with E-state index in [1.54, 1.807) is 30.6 Å². The van der Waals surface area contributed by atoms with Gasteiger partial charge >= 0.3 is 0 Å². The predicted octanol–water partition coefficient (Wildman–Crippen LogP) is 3.21. The number of hydrogen-bond donors (Lipinski definition) is 2. The average molecular weight is 383 g/mol. The van der Waals surface area contributed by atoms with Crippen LogP contribution < -0.4 is 14.8 Å². The number of nitrogens with zero attached hydrogens (tertiary/aromatic N) is 2. The number of imidazole rings is 1. The van der Waals surface area contributed by atoms with Gasteiger partial charge < -0.3 is 24.5 Å². The molecule has 1 amide bonds. The van der Waals surface area contributed by atoms with Crippen LogP contribution in [0.1, 0.15) is 23.6 Å². The summed E-state index contributed by atoms with van der Waals surface area (Å²) >= 11 is 0. The highest BCUT2D eigenvalue weighted by Gasteiger charge is 2.32. The molecule has 0 spiro atoms. The molecule has 2 heterocycles. The highest BCUT2D eigenvalue weighted by atomic mass is 19.1. The summed E-state index contributed by atoms with van der Waals surface area (Å²) in [6.07, 6.45) is 1.77. The topological polar surface area (TPSA) is 85.6 Å². The zero-order valence-corrected chi connectivity index (χ0v) is 15.3. The summed E-state index contributed by atoms with van der Waals surface area (Å²) < 4.78 is 25.6. The van der Waals surface area contributed by atoms with Crippen molar-refractivity contribution in [2.24, 2.45) is 0 Å². The molecule has 8 heteroatoms. The molecule has 0 aliphatic carbocycles. The number of nitrogens with one attached hydrogen (secondary N) is 1. The number of phenolic OH excluding ortho intramolecular Hbond substituents is 1. The summed E-state index contributed by atoms with van der Waals surface area (Å²) in [4.78, 5) is 16.6. The standard InChI is InChI=1S/C20H18FN3O4/c1-27-15-7-11(8-16(28-2)19(15)26)14-9-17(25)23-20-18(14)24(10-22-20)13-5-3-12(21)4-6-13/h3-8,10,14,26H,9H2,1-2H3,(H,23,25)/t14-/m1/s1. The Labute approximate surface area is 160 Å². The SMILES string of the molecule is COc1cc([C@H]2CC(=O)Nc3ncn(-c4ccc(F)cc4)c32)cc(OC)c1O. The number of carbonyl (C=O) groups excluding carboxylic acids is 1. The minimum atomic E-state index is -0.361. The molecule has 1 aromatic heterocycles. The van der Waals surface area contributed by atoms with Crippen molar-refractivity contribution in [3.63, 3.8) is 0 Å². The molecule has 0 radical (unpaired) electrons. The lowest BCUT2D eigenvalue weighted by Crippen LogP contribution is -2.25. The molecule has 28 heavy (non-hydrogen) atoms. The van der Waals surface area contributed by atoms with Gasteiger partial charge in [0.2, 0.25) is 11.7 Å². The van der Waals surface area contributed by atoms with Crippen LogP contribution in [0.15, 0.2) is 42.7 Å². The van der Waals surface area contributed by atoms with Crippen LogP contribution in [0.2, 0.25) is 0 Å². The Morgan fingerprint density at radius 1 is 1.18 bits per heavy atom. The van der Waals surface area contributed by atoms with Crippen molar-refractivity contribution in [2.45, 2.75) is 12.3 Å². The van der Waals surface area contributed by atoms with E-state index >= 15 is 0 Å². The molecule has 4 rings (SSSR count). The molecule has 144 valence electrons. The van der Waals surface area contributed by atoms with Crippen molar-refractivity contribution < 1.29 is 23.8 Å². The first-order valence-electron chi connectivity index (χ1n) is 8.59. The van der Waals surface area contributed by atoms with Gasteiger partial charge in [0.1, 0.15) is 12.1 Å². The maximum Gasteiger partial charge on any atom is 0.226 e. The van der Waals surface area contributed by atoms with Crippen LogP contribution in [0, 0.1) is 5.82 Å². The fourth-order valence-electron chi connectivity index (χ4n) is 3.45. The molecule has 0 fully saturated rings. The zero-order chi connectivity index (χ0) is 19.8. The van der Waals surface area contributed by atoms with E-state index < -0.39 is 0 Å². The maximum absolute atomic E-state index is 13.3. The molecule has 1 atom stereocenters. The minimum absolute atomic E-state index is 0.110. The number of methoxy groups -OCH3 is 2. The van der Waals surface area contributed by atoms with Gasteiger partial charge in [-0.2, -0.15) is 0 Å². The van der Waals surface area contributed by atoms with Crippen LogP contribution in [0.5, 0.6) is 17.2 Å². The van der Waals surface area contributed by atoms with Crippen LogP contribution in [-0.2, 0) is 4.79 Å². The number of rotatable bonds is 4. The molecule has 0 unspecified atom stereocenters. The number of fused-ring (bicyclic) bond motifs is 1. The molecular weight excluding hydrogens is 365 g/mol. The van der Waals surface area contributed by atoms with Gasteiger partial charge in [0, 0.05) is 18.0 Å². The molecular formula is C20H18FN3O4. The van der Waals surface area contributed by atoms with Gasteiger partial charge in [-0.25, -0.2) is 9.37 Å². The number of aromatic hydroxyl groups is 1. The third-order valence-corrected chi connectivity index (χ3v) is 4.79. The lowest BCUT2D eigenvalue weighted by Gasteiger charge is -2.25. The van der Waals surface area contributed by atoms with Gasteiger partial charge in [0.05, 0.1) is 19.9 Å². The lowest BCUT2D eigenvalue weighted by atomic mass is 9.89. The highest BCUT2D eigenvalue weighted by Crippen LogP contribution is 2.44. The first kappa shape index (κ1) is 17.8.